The molecule has 1 aliphatic carbocycles. The molecule has 1 unspecified atom stereocenters. The fraction of sp³-hybridized carbons (Fsp3) is 0.368. The molecule has 0 saturated heterocycles. The van der Waals surface area contributed by atoms with Crippen molar-refractivity contribution >= 4 is 17.8 Å². The summed E-state index contributed by atoms with van der Waals surface area (Å²) in [7, 11) is 0. The molecule has 0 aromatic heterocycles. The van der Waals surface area contributed by atoms with Gasteiger partial charge in [-0.2, -0.15) is 0 Å². The number of hydrogen-bond donors (Lipinski definition) is 0. The van der Waals surface area contributed by atoms with Gasteiger partial charge in [0, 0.05) is 12.3 Å². The maximum absolute atomic E-state index is 12.2. The molecule has 1 atom stereocenters. The zero-order valence-corrected chi connectivity index (χ0v) is 13.2. The Morgan fingerprint density at radius 2 is 2.00 bits per heavy atom. The maximum Gasteiger partial charge on any atom is 0.341 e. The molecule has 3 heteroatoms. The van der Waals surface area contributed by atoms with Gasteiger partial charge in [-0.25, -0.2) is 4.79 Å². The minimum Gasteiger partial charge on any atom is -0.462 e. The van der Waals surface area contributed by atoms with Crippen molar-refractivity contribution in [2.45, 2.75) is 39.0 Å². The van der Waals surface area contributed by atoms with Crippen LogP contribution >= 0.6 is 0 Å². The third-order valence-corrected chi connectivity index (χ3v) is 3.76. The molecule has 0 radical (unpaired) electrons. The minimum atomic E-state index is -0.502. The Bertz CT molecular complexity index is 611. The minimum absolute atomic E-state index is 0.0413. The van der Waals surface area contributed by atoms with E-state index in [1.54, 1.807) is 13.0 Å². The summed E-state index contributed by atoms with van der Waals surface area (Å²) in [5, 5.41) is 0. The third kappa shape index (κ3) is 3.73. The lowest BCUT2D eigenvalue weighted by molar-refractivity contribution is -0.140. The van der Waals surface area contributed by atoms with E-state index < -0.39 is 5.97 Å². The van der Waals surface area contributed by atoms with Crippen LogP contribution in [-0.2, 0) is 14.3 Å². The number of ether oxygens (including phenoxy) is 1. The number of rotatable bonds is 7. The Labute approximate surface area is 131 Å². The zero-order chi connectivity index (χ0) is 15.9. The monoisotopic (exact) mass is 298 g/mol. The molecule has 3 nitrogen and oxygen atoms in total. The second-order valence-electron chi connectivity index (χ2n) is 5.36. The topological polar surface area (TPSA) is 43.4 Å². The molecule has 2 rings (SSSR count). The van der Waals surface area contributed by atoms with Crippen LogP contribution in [0.1, 0.15) is 50.2 Å². The van der Waals surface area contributed by atoms with Gasteiger partial charge in [0.2, 0.25) is 0 Å². The smallest absolute Gasteiger partial charge is 0.341 e. The van der Waals surface area contributed by atoms with Crippen LogP contribution in [0, 0.1) is 0 Å². The summed E-state index contributed by atoms with van der Waals surface area (Å²) in [5.74, 6) is -0.710. The number of hydrogen-bond acceptors (Lipinski definition) is 3. The number of benzene rings is 1. The molecule has 0 saturated carbocycles. The summed E-state index contributed by atoms with van der Waals surface area (Å²) in [6.07, 6.45) is 7.83. The van der Waals surface area contributed by atoms with Gasteiger partial charge in [-0.15, -0.1) is 0 Å². The molecule has 0 aliphatic heterocycles. The van der Waals surface area contributed by atoms with Crippen LogP contribution in [0.5, 0.6) is 0 Å². The second kappa shape index (κ2) is 7.74. The fourth-order valence-corrected chi connectivity index (χ4v) is 2.45. The molecule has 0 N–H and O–H groups in total. The Morgan fingerprint density at radius 1 is 1.23 bits per heavy atom. The van der Waals surface area contributed by atoms with Crippen molar-refractivity contribution in [1.82, 2.24) is 0 Å². The first-order valence-corrected chi connectivity index (χ1v) is 7.86. The van der Waals surface area contributed by atoms with Gasteiger partial charge in [0.05, 0.1) is 12.2 Å². The molecule has 1 aromatic rings. The van der Waals surface area contributed by atoms with Crippen molar-refractivity contribution in [2.24, 2.45) is 0 Å². The van der Waals surface area contributed by atoms with Crippen LogP contribution < -0.4 is 0 Å². The number of carbonyl (C=O) groups excluding carboxylic acids is 2. The second-order valence-corrected chi connectivity index (χ2v) is 5.36. The standard InChI is InChI=1S/C19H22O3/c1-3-5-12-22-19(21)17(18(20)4-2)13-15-11-10-14-8-6-7-9-16(14)15/h6-11,13,15H,3-5,12H2,1-2H3. The highest BCUT2D eigenvalue weighted by molar-refractivity contribution is 6.17. The van der Waals surface area contributed by atoms with E-state index in [4.69, 9.17) is 4.74 Å². The van der Waals surface area contributed by atoms with E-state index in [9.17, 15) is 9.59 Å². The van der Waals surface area contributed by atoms with Crippen LogP contribution in [-0.4, -0.2) is 18.4 Å². The van der Waals surface area contributed by atoms with Gasteiger partial charge in [-0.3, -0.25) is 4.79 Å². The summed E-state index contributed by atoms with van der Waals surface area (Å²) in [5.41, 5.74) is 2.42. The van der Waals surface area contributed by atoms with E-state index in [1.165, 1.54) is 0 Å². The van der Waals surface area contributed by atoms with Gasteiger partial charge in [-0.05, 0) is 17.5 Å². The van der Waals surface area contributed by atoms with Gasteiger partial charge in [-0.1, -0.05) is 62.8 Å². The zero-order valence-electron chi connectivity index (χ0n) is 13.2. The predicted octanol–water partition coefficient (Wildman–Crippen LogP) is 4.05. The first-order valence-electron chi connectivity index (χ1n) is 7.86. The summed E-state index contributed by atoms with van der Waals surface area (Å²) in [6, 6.07) is 7.99. The highest BCUT2D eigenvalue weighted by Crippen LogP contribution is 2.31. The normalized spacial score (nSPS) is 16.5. The summed E-state index contributed by atoms with van der Waals surface area (Å²) in [4.78, 5) is 24.3. The lowest BCUT2D eigenvalue weighted by Gasteiger charge is -2.10. The molecule has 22 heavy (non-hydrogen) atoms. The highest BCUT2D eigenvalue weighted by atomic mass is 16.5. The van der Waals surface area contributed by atoms with Crippen molar-refractivity contribution in [3.63, 3.8) is 0 Å². The van der Waals surface area contributed by atoms with Gasteiger partial charge in [0.25, 0.3) is 0 Å². The molecule has 0 fully saturated rings. The number of unbranched alkanes of at least 4 members (excludes halogenated alkanes) is 1. The first kappa shape index (κ1) is 16.2. The molecular weight excluding hydrogens is 276 g/mol. The SMILES string of the molecule is CCCCOC(=O)C(=CC1C=Cc2ccccc21)C(=O)CC. The molecular formula is C19H22O3. The Morgan fingerprint density at radius 3 is 2.73 bits per heavy atom. The number of esters is 1. The van der Waals surface area contributed by atoms with E-state index in [2.05, 4.69) is 0 Å². The lowest BCUT2D eigenvalue weighted by atomic mass is 9.96. The van der Waals surface area contributed by atoms with Gasteiger partial charge >= 0.3 is 5.97 Å². The largest absolute Gasteiger partial charge is 0.462 e. The Kier molecular flexibility index (Phi) is 5.70. The van der Waals surface area contributed by atoms with E-state index in [-0.39, 0.29) is 17.3 Å². The van der Waals surface area contributed by atoms with E-state index in [0.29, 0.717) is 13.0 Å². The summed E-state index contributed by atoms with van der Waals surface area (Å²) >= 11 is 0. The maximum atomic E-state index is 12.2. The average Bonchev–Trinajstić information content (AvgIpc) is 2.95. The van der Waals surface area contributed by atoms with Crippen LogP contribution in [0.4, 0.5) is 0 Å². The van der Waals surface area contributed by atoms with E-state index in [0.717, 1.165) is 24.0 Å². The molecule has 0 heterocycles. The van der Waals surface area contributed by atoms with Gasteiger partial charge in [0.15, 0.2) is 5.78 Å². The third-order valence-electron chi connectivity index (χ3n) is 3.76. The van der Waals surface area contributed by atoms with Crippen LogP contribution in [0.2, 0.25) is 0 Å². The van der Waals surface area contributed by atoms with Gasteiger partial charge in [0.1, 0.15) is 0 Å². The van der Waals surface area contributed by atoms with E-state index >= 15 is 0 Å². The van der Waals surface area contributed by atoms with Crippen molar-refractivity contribution in [3.8, 4) is 0 Å². The number of carbonyl (C=O) groups is 2. The lowest BCUT2D eigenvalue weighted by Crippen LogP contribution is -2.17. The number of ketones is 1. The Balaban J connectivity index is 2.21. The van der Waals surface area contributed by atoms with Crippen molar-refractivity contribution < 1.29 is 14.3 Å². The van der Waals surface area contributed by atoms with Gasteiger partial charge < -0.3 is 4.74 Å². The molecule has 0 bridgehead atoms. The summed E-state index contributed by atoms with van der Waals surface area (Å²) < 4.78 is 5.21. The van der Waals surface area contributed by atoms with Crippen LogP contribution in [0.15, 0.2) is 42.0 Å². The van der Waals surface area contributed by atoms with Crippen molar-refractivity contribution in [2.75, 3.05) is 6.61 Å². The molecule has 1 aromatic carbocycles. The number of Topliss-reactive ketones (excluding diaryl/α,β-unsaturated/α-hetero) is 1. The van der Waals surface area contributed by atoms with Crippen molar-refractivity contribution in [1.29, 1.82) is 0 Å². The quantitative estimate of drug-likeness (QED) is 0.251. The van der Waals surface area contributed by atoms with Crippen LogP contribution in [0.25, 0.3) is 6.08 Å². The number of allylic oxidation sites excluding steroid dienone is 2. The predicted molar refractivity (Wildman–Crippen MR) is 87.5 cm³/mol. The summed E-state index contributed by atoms with van der Waals surface area (Å²) in [6.45, 7) is 4.15. The Hall–Kier alpha value is -2.16. The molecule has 0 spiro atoms. The highest BCUT2D eigenvalue weighted by Gasteiger charge is 2.22. The number of fused-ring (bicyclic) bond motifs is 1. The fourth-order valence-electron chi connectivity index (χ4n) is 2.45. The molecule has 116 valence electrons. The van der Waals surface area contributed by atoms with Crippen LogP contribution in [0.3, 0.4) is 0 Å². The average molecular weight is 298 g/mol. The first-order chi connectivity index (χ1) is 10.7. The molecule has 0 amide bonds. The molecule has 1 aliphatic rings. The van der Waals surface area contributed by atoms with Crippen molar-refractivity contribution in [3.05, 3.63) is 53.1 Å². The van der Waals surface area contributed by atoms with E-state index in [1.807, 2.05) is 43.3 Å².